The number of rotatable bonds is 1. The maximum Gasteiger partial charge on any atom is 0.320 e. The number of ether oxygens (including phenoxy) is 2. The molecule has 0 spiro atoms. The number of hydrogen-bond donors (Lipinski definition) is 1. The Balaban J connectivity index is 1.45. The zero-order valence-electron chi connectivity index (χ0n) is 18.6. The summed E-state index contributed by atoms with van der Waals surface area (Å²) in [4.78, 5) is 17.7. The van der Waals surface area contributed by atoms with Gasteiger partial charge >= 0.3 is 6.03 Å². The fourth-order valence-corrected chi connectivity index (χ4v) is 5.47. The molecular weight excluding hydrogens is 378 g/mol. The second-order valence-electron chi connectivity index (χ2n) is 10.3. The first kappa shape index (κ1) is 20.3. The molecule has 164 valence electrons. The molecule has 3 fully saturated rings. The third kappa shape index (κ3) is 3.63. The molecule has 4 heterocycles. The molecule has 3 saturated heterocycles. The van der Waals surface area contributed by atoms with Crippen LogP contribution >= 0.6 is 0 Å². The average molecular weight is 414 g/mol. The minimum absolute atomic E-state index is 0.0965. The number of carbonyl (C=O) groups is 1. The van der Waals surface area contributed by atoms with E-state index in [9.17, 15) is 4.79 Å². The summed E-state index contributed by atoms with van der Waals surface area (Å²) >= 11 is 0. The van der Waals surface area contributed by atoms with Crippen LogP contribution in [0.25, 0.3) is 0 Å². The first-order valence-electron chi connectivity index (χ1n) is 11.5. The van der Waals surface area contributed by atoms with Gasteiger partial charge < -0.3 is 24.6 Å². The summed E-state index contributed by atoms with van der Waals surface area (Å²) in [6.45, 7) is 12.0. The summed E-state index contributed by atoms with van der Waals surface area (Å²) in [6.07, 6.45) is 3.07. The van der Waals surface area contributed by atoms with Gasteiger partial charge in [0.15, 0.2) is 0 Å². The highest BCUT2D eigenvalue weighted by atomic mass is 16.5. The van der Waals surface area contributed by atoms with Gasteiger partial charge in [-0.15, -0.1) is 0 Å². The van der Waals surface area contributed by atoms with Crippen LogP contribution in [0.4, 0.5) is 4.79 Å². The summed E-state index contributed by atoms with van der Waals surface area (Å²) in [7, 11) is 0. The molecule has 2 unspecified atom stereocenters. The minimum Gasteiger partial charge on any atom is -0.378 e. The molecule has 2 bridgehead atoms. The Hall–Kier alpha value is -1.63. The number of amides is 2. The van der Waals surface area contributed by atoms with Gasteiger partial charge in [0.2, 0.25) is 0 Å². The third-order valence-electron chi connectivity index (χ3n) is 7.27. The number of carbonyl (C=O) groups excluding carboxylic acids is 1. The van der Waals surface area contributed by atoms with Crippen molar-refractivity contribution in [3.05, 3.63) is 34.4 Å². The minimum atomic E-state index is 0.0965. The van der Waals surface area contributed by atoms with E-state index in [-0.39, 0.29) is 29.6 Å². The summed E-state index contributed by atoms with van der Waals surface area (Å²) < 4.78 is 11.5. The van der Waals surface area contributed by atoms with Crippen LogP contribution in [0.2, 0.25) is 0 Å². The van der Waals surface area contributed by atoms with E-state index in [1.807, 2.05) is 0 Å². The molecule has 3 atom stereocenters. The highest BCUT2D eigenvalue weighted by Gasteiger charge is 2.42. The molecule has 0 saturated carbocycles. The monoisotopic (exact) mass is 413 g/mol. The van der Waals surface area contributed by atoms with E-state index in [1.165, 1.54) is 22.3 Å². The lowest BCUT2D eigenvalue weighted by molar-refractivity contribution is -0.00297. The first-order chi connectivity index (χ1) is 14.4. The number of nitrogens with zero attached hydrogens (tertiary/aromatic N) is 2. The Labute approximate surface area is 179 Å². The molecule has 6 heteroatoms. The van der Waals surface area contributed by atoms with Crippen molar-refractivity contribution in [1.82, 2.24) is 15.1 Å². The van der Waals surface area contributed by atoms with Gasteiger partial charge in [0.05, 0.1) is 44.6 Å². The molecule has 1 aromatic carbocycles. The van der Waals surface area contributed by atoms with E-state index >= 15 is 0 Å². The maximum absolute atomic E-state index is 13.5. The standard InChI is InChI=1S/C24H35N3O3/c1-24(2,3)17-10-16-6-8-26(23(28)27-18-4-5-19(27)14-30-13-18)12-21(16)20(11-17)22-15-29-9-7-25-22/h10-11,18-19,22,25H,4-9,12-15H2,1-3H3/t18?,19?,22-/m0/s1. The Morgan fingerprint density at radius 1 is 1.10 bits per heavy atom. The molecule has 5 rings (SSSR count). The van der Waals surface area contributed by atoms with Crippen molar-refractivity contribution in [1.29, 1.82) is 0 Å². The number of benzene rings is 1. The van der Waals surface area contributed by atoms with Crippen molar-refractivity contribution in [2.24, 2.45) is 0 Å². The molecule has 1 N–H and O–H groups in total. The van der Waals surface area contributed by atoms with Gasteiger partial charge in [-0.1, -0.05) is 32.9 Å². The molecule has 0 radical (unpaired) electrons. The zero-order chi connectivity index (χ0) is 20.9. The molecule has 2 amide bonds. The number of fused-ring (bicyclic) bond motifs is 3. The van der Waals surface area contributed by atoms with Crippen molar-refractivity contribution < 1.29 is 14.3 Å². The lowest BCUT2D eigenvalue weighted by atomic mass is 9.80. The second-order valence-corrected chi connectivity index (χ2v) is 10.3. The summed E-state index contributed by atoms with van der Waals surface area (Å²) in [5.41, 5.74) is 5.51. The van der Waals surface area contributed by atoms with Crippen molar-refractivity contribution in [2.75, 3.05) is 39.5 Å². The maximum atomic E-state index is 13.5. The SMILES string of the molecule is CC(C)(C)c1cc2c(c([C@@H]3COCCN3)c1)CN(C(=O)N1C3CCC1COC3)CC2. The summed E-state index contributed by atoms with van der Waals surface area (Å²) in [5, 5.41) is 3.64. The van der Waals surface area contributed by atoms with E-state index in [4.69, 9.17) is 9.47 Å². The molecule has 6 nitrogen and oxygen atoms in total. The molecule has 30 heavy (non-hydrogen) atoms. The van der Waals surface area contributed by atoms with Crippen molar-refractivity contribution >= 4 is 6.03 Å². The molecule has 4 aliphatic rings. The van der Waals surface area contributed by atoms with Crippen LogP contribution in [0.3, 0.4) is 0 Å². The molecule has 0 aliphatic carbocycles. The van der Waals surface area contributed by atoms with Gasteiger partial charge in [0, 0.05) is 19.6 Å². The van der Waals surface area contributed by atoms with Gasteiger partial charge in [0.1, 0.15) is 0 Å². The van der Waals surface area contributed by atoms with Gasteiger partial charge in [-0.2, -0.15) is 0 Å². The van der Waals surface area contributed by atoms with Gasteiger partial charge in [-0.3, -0.25) is 0 Å². The number of nitrogens with one attached hydrogen (secondary N) is 1. The van der Waals surface area contributed by atoms with Crippen LogP contribution in [0.1, 0.15) is 61.9 Å². The van der Waals surface area contributed by atoms with Crippen LogP contribution in [0.15, 0.2) is 12.1 Å². The summed E-state index contributed by atoms with van der Waals surface area (Å²) in [6, 6.07) is 5.66. The smallest absolute Gasteiger partial charge is 0.320 e. The Kier molecular flexibility index (Phi) is 5.28. The first-order valence-corrected chi connectivity index (χ1v) is 11.5. The van der Waals surface area contributed by atoms with Crippen LogP contribution in [-0.4, -0.2) is 67.4 Å². The molecule has 4 aliphatic heterocycles. The van der Waals surface area contributed by atoms with Gasteiger partial charge in [0.25, 0.3) is 0 Å². The van der Waals surface area contributed by atoms with Crippen LogP contribution in [0.5, 0.6) is 0 Å². The van der Waals surface area contributed by atoms with E-state index in [0.29, 0.717) is 26.4 Å². The molecule has 1 aromatic rings. The van der Waals surface area contributed by atoms with Crippen molar-refractivity contribution in [3.8, 4) is 0 Å². The topological polar surface area (TPSA) is 54.0 Å². The summed E-state index contributed by atoms with van der Waals surface area (Å²) in [5.74, 6) is 0. The highest BCUT2D eigenvalue weighted by Crippen LogP contribution is 2.36. The zero-order valence-corrected chi connectivity index (χ0v) is 18.6. The molecule has 0 aromatic heterocycles. The van der Waals surface area contributed by atoms with E-state index in [0.717, 1.165) is 39.0 Å². The van der Waals surface area contributed by atoms with Crippen molar-refractivity contribution in [2.45, 2.75) is 70.1 Å². The van der Waals surface area contributed by atoms with Gasteiger partial charge in [-0.05, 0) is 46.9 Å². The quantitative estimate of drug-likeness (QED) is 0.769. The Bertz CT molecular complexity index is 797. The fraction of sp³-hybridized carbons (Fsp3) is 0.708. The predicted molar refractivity (Wildman–Crippen MR) is 116 cm³/mol. The van der Waals surface area contributed by atoms with E-state index < -0.39 is 0 Å². The van der Waals surface area contributed by atoms with Crippen molar-refractivity contribution in [3.63, 3.8) is 0 Å². The Morgan fingerprint density at radius 2 is 1.87 bits per heavy atom. The normalized spacial score (nSPS) is 29.1. The fourth-order valence-electron chi connectivity index (χ4n) is 5.47. The second kappa shape index (κ2) is 7.81. The number of morpholine rings is 2. The van der Waals surface area contributed by atoms with Gasteiger partial charge in [-0.25, -0.2) is 4.79 Å². The van der Waals surface area contributed by atoms with Crippen LogP contribution in [0, 0.1) is 0 Å². The lowest BCUT2D eigenvalue weighted by Crippen LogP contribution is -2.55. The third-order valence-corrected chi connectivity index (χ3v) is 7.27. The number of urea groups is 1. The lowest BCUT2D eigenvalue weighted by Gasteiger charge is -2.41. The largest absolute Gasteiger partial charge is 0.378 e. The van der Waals surface area contributed by atoms with Crippen LogP contribution in [-0.2, 0) is 27.9 Å². The Morgan fingerprint density at radius 3 is 2.53 bits per heavy atom. The molecular formula is C24H35N3O3. The van der Waals surface area contributed by atoms with E-state index in [2.05, 4.69) is 48.0 Å². The highest BCUT2D eigenvalue weighted by molar-refractivity contribution is 5.76. The average Bonchev–Trinajstić information content (AvgIpc) is 3.00. The van der Waals surface area contributed by atoms with E-state index in [1.54, 1.807) is 0 Å². The van der Waals surface area contributed by atoms with Crippen LogP contribution < -0.4 is 5.32 Å². The number of hydrogen-bond acceptors (Lipinski definition) is 4. The predicted octanol–water partition coefficient (Wildman–Crippen LogP) is 2.99.